The fourth-order valence-corrected chi connectivity index (χ4v) is 3.37. The van der Waals surface area contributed by atoms with Crippen molar-refractivity contribution < 1.29 is 4.74 Å². The highest BCUT2D eigenvalue weighted by Crippen LogP contribution is 2.29. The van der Waals surface area contributed by atoms with Crippen molar-refractivity contribution in [1.29, 1.82) is 0 Å². The summed E-state index contributed by atoms with van der Waals surface area (Å²) >= 11 is 0. The van der Waals surface area contributed by atoms with Gasteiger partial charge in [0.15, 0.2) is 5.65 Å². The number of anilines is 1. The van der Waals surface area contributed by atoms with Gasteiger partial charge in [0.05, 0.1) is 12.3 Å². The van der Waals surface area contributed by atoms with Gasteiger partial charge in [-0.05, 0) is 32.2 Å². The number of fused-ring (bicyclic) bond motifs is 2. The number of methoxy groups -OCH3 is 1. The molecule has 2 aromatic heterocycles. The van der Waals surface area contributed by atoms with Crippen molar-refractivity contribution in [3.05, 3.63) is 23.0 Å². The van der Waals surface area contributed by atoms with E-state index in [-0.39, 0.29) is 0 Å². The second kappa shape index (κ2) is 5.27. The Labute approximate surface area is 123 Å². The molecule has 112 valence electrons. The summed E-state index contributed by atoms with van der Waals surface area (Å²) in [7, 11) is 1.70. The van der Waals surface area contributed by atoms with E-state index in [9.17, 15) is 0 Å². The second-order valence-corrected chi connectivity index (χ2v) is 5.91. The average molecular weight is 287 g/mol. The van der Waals surface area contributed by atoms with Crippen molar-refractivity contribution in [1.82, 2.24) is 19.9 Å². The number of nitrogens with one attached hydrogen (secondary N) is 2. The first-order valence-corrected chi connectivity index (χ1v) is 7.72. The summed E-state index contributed by atoms with van der Waals surface area (Å²) in [6.07, 6.45) is 4.53. The normalized spacial score (nSPS) is 21.1. The molecule has 1 unspecified atom stereocenters. The van der Waals surface area contributed by atoms with Crippen LogP contribution in [0.15, 0.2) is 6.07 Å². The molecule has 0 bridgehead atoms. The molecule has 6 heteroatoms. The van der Waals surface area contributed by atoms with Gasteiger partial charge < -0.3 is 15.4 Å². The largest absolute Gasteiger partial charge is 0.378 e. The number of ether oxygens (including phenoxy) is 1. The molecular weight excluding hydrogens is 266 g/mol. The fourth-order valence-electron chi connectivity index (χ4n) is 3.37. The number of aromatic nitrogens is 3. The van der Waals surface area contributed by atoms with Crippen LogP contribution in [0.3, 0.4) is 0 Å². The van der Waals surface area contributed by atoms with E-state index in [1.165, 1.54) is 17.7 Å². The lowest BCUT2D eigenvalue weighted by Gasteiger charge is -2.17. The maximum absolute atomic E-state index is 5.20. The maximum Gasteiger partial charge on any atom is 0.157 e. The van der Waals surface area contributed by atoms with Gasteiger partial charge in [0.25, 0.3) is 0 Å². The van der Waals surface area contributed by atoms with E-state index in [4.69, 9.17) is 9.72 Å². The zero-order chi connectivity index (χ0) is 14.2. The molecule has 1 fully saturated rings. The van der Waals surface area contributed by atoms with E-state index < -0.39 is 0 Å². The number of hydrogen-bond acceptors (Lipinski definition) is 5. The molecule has 1 atom stereocenters. The summed E-state index contributed by atoms with van der Waals surface area (Å²) < 4.78 is 7.17. The molecule has 6 nitrogen and oxygen atoms in total. The van der Waals surface area contributed by atoms with E-state index in [1.54, 1.807) is 7.11 Å². The Morgan fingerprint density at radius 1 is 1.48 bits per heavy atom. The van der Waals surface area contributed by atoms with Crippen molar-refractivity contribution >= 4 is 11.5 Å². The Kier molecular flexibility index (Phi) is 3.27. The molecule has 2 N–H and O–H groups in total. The summed E-state index contributed by atoms with van der Waals surface area (Å²) in [4.78, 5) is 4.78. The minimum Gasteiger partial charge on any atom is -0.378 e. The minimum absolute atomic E-state index is 0.482. The topological polar surface area (TPSA) is 63.5 Å². The second-order valence-electron chi connectivity index (χ2n) is 5.91. The van der Waals surface area contributed by atoms with E-state index in [0.29, 0.717) is 12.6 Å². The maximum atomic E-state index is 5.20. The number of rotatable bonds is 4. The number of hydrogen-bond donors (Lipinski definition) is 2. The van der Waals surface area contributed by atoms with Gasteiger partial charge in [-0.25, -0.2) is 4.98 Å². The quantitative estimate of drug-likeness (QED) is 0.883. The molecule has 0 amide bonds. The van der Waals surface area contributed by atoms with Gasteiger partial charge in [-0.3, -0.25) is 0 Å². The molecule has 0 spiro atoms. The van der Waals surface area contributed by atoms with Crippen LogP contribution in [-0.2, 0) is 24.2 Å². The first-order valence-electron chi connectivity index (χ1n) is 7.72. The van der Waals surface area contributed by atoms with E-state index in [2.05, 4.69) is 15.7 Å². The molecular formula is C15H21N5O. The van der Waals surface area contributed by atoms with Crippen LogP contribution < -0.4 is 10.6 Å². The molecule has 1 aliphatic carbocycles. The lowest BCUT2D eigenvalue weighted by atomic mass is 10.2. The van der Waals surface area contributed by atoms with E-state index >= 15 is 0 Å². The van der Waals surface area contributed by atoms with Crippen molar-refractivity contribution in [2.24, 2.45) is 0 Å². The highest BCUT2D eigenvalue weighted by atomic mass is 16.5. The van der Waals surface area contributed by atoms with Gasteiger partial charge in [-0.1, -0.05) is 0 Å². The van der Waals surface area contributed by atoms with Gasteiger partial charge in [0.2, 0.25) is 0 Å². The first-order chi connectivity index (χ1) is 10.3. The third-order valence-electron chi connectivity index (χ3n) is 4.37. The van der Waals surface area contributed by atoms with Crippen LogP contribution in [0, 0.1) is 0 Å². The summed E-state index contributed by atoms with van der Waals surface area (Å²) in [5.74, 6) is 1.14. The summed E-state index contributed by atoms with van der Waals surface area (Å²) in [5, 5.41) is 11.8. The molecule has 1 aliphatic heterocycles. The summed E-state index contributed by atoms with van der Waals surface area (Å²) in [6, 6.07) is 2.51. The number of aryl methyl sites for hydroxylation is 1. The Hall–Kier alpha value is -1.66. The zero-order valence-corrected chi connectivity index (χ0v) is 12.4. The molecule has 0 saturated carbocycles. The minimum atomic E-state index is 0.482. The van der Waals surface area contributed by atoms with Gasteiger partial charge >= 0.3 is 0 Å². The zero-order valence-electron chi connectivity index (χ0n) is 12.4. The van der Waals surface area contributed by atoms with Crippen LogP contribution in [0.5, 0.6) is 0 Å². The predicted octanol–water partition coefficient (Wildman–Crippen LogP) is 1.14. The summed E-state index contributed by atoms with van der Waals surface area (Å²) in [6.45, 7) is 2.63. The smallest absolute Gasteiger partial charge is 0.157 e. The van der Waals surface area contributed by atoms with E-state index in [1.807, 2.05) is 10.6 Å². The van der Waals surface area contributed by atoms with Crippen molar-refractivity contribution in [3.63, 3.8) is 0 Å². The molecule has 0 aromatic carbocycles. The van der Waals surface area contributed by atoms with E-state index in [0.717, 1.165) is 49.5 Å². The van der Waals surface area contributed by atoms with Crippen LogP contribution >= 0.6 is 0 Å². The Bertz CT molecular complexity index is 660. The van der Waals surface area contributed by atoms with Crippen LogP contribution in [-0.4, -0.2) is 40.8 Å². The molecule has 3 heterocycles. The first kappa shape index (κ1) is 13.0. The lowest BCUT2D eigenvalue weighted by molar-refractivity contribution is 0.181. The molecule has 1 saturated heterocycles. The SMILES string of the molecule is COCc1cc2nc3c(c(NC4CCNC4)n2n1)CCC3. The highest BCUT2D eigenvalue weighted by Gasteiger charge is 2.24. The van der Waals surface area contributed by atoms with Gasteiger partial charge in [0, 0.05) is 37.0 Å². The monoisotopic (exact) mass is 287 g/mol. The Balaban J connectivity index is 1.80. The van der Waals surface area contributed by atoms with Crippen molar-refractivity contribution in [3.8, 4) is 0 Å². The fraction of sp³-hybridized carbons (Fsp3) is 0.600. The van der Waals surface area contributed by atoms with Crippen molar-refractivity contribution in [2.45, 2.75) is 38.3 Å². The van der Waals surface area contributed by atoms with Gasteiger partial charge in [0.1, 0.15) is 5.82 Å². The lowest BCUT2D eigenvalue weighted by Crippen LogP contribution is -2.24. The molecule has 21 heavy (non-hydrogen) atoms. The van der Waals surface area contributed by atoms with Crippen LogP contribution in [0.2, 0.25) is 0 Å². The van der Waals surface area contributed by atoms with Crippen LogP contribution in [0.1, 0.15) is 29.8 Å². The third-order valence-corrected chi connectivity index (χ3v) is 4.37. The Morgan fingerprint density at radius 3 is 3.24 bits per heavy atom. The third kappa shape index (κ3) is 2.28. The molecule has 2 aliphatic rings. The van der Waals surface area contributed by atoms with Crippen LogP contribution in [0.4, 0.5) is 5.82 Å². The average Bonchev–Trinajstić information content (AvgIpc) is 3.18. The standard InChI is InChI=1S/C15H21N5O/c1-21-9-11-7-14-18-13-4-2-3-12(13)15(20(14)19-11)17-10-5-6-16-8-10/h7,10,16-17H,2-6,8-9H2,1H3. The Morgan fingerprint density at radius 2 is 2.43 bits per heavy atom. The summed E-state index contributed by atoms with van der Waals surface area (Å²) in [5.41, 5.74) is 4.44. The van der Waals surface area contributed by atoms with Crippen molar-refractivity contribution in [2.75, 3.05) is 25.5 Å². The predicted molar refractivity (Wildman–Crippen MR) is 80.6 cm³/mol. The molecule has 0 radical (unpaired) electrons. The van der Waals surface area contributed by atoms with Gasteiger partial charge in [-0.2, -0.15) is 9.61 Å². The van der Waals surface area contributed by atoms with Gasteiger partial charge in [-0.15, -0.1) is 0 Å². The number of nitrogens with zero attached hydrogens (tertiary/aromatic N) is 3. The highest BCUT2D eigenvalue weighted by molar-refractivity contribution is 5.58. The molecule has 2 aromatic rings. The molecule has 4 rings (SSSR count). The van der Waals surface area contributed by atoms with Crippen LogP contribution in [0.25, 0.3) is 5.65 Å².